The number of carbonyl (C=O) groups excluding carboxylic acids is 1. The van der Waals surface area contributed by atoms with E-state index in [1.165, 1.54) is 28.3 Å². The second-order valence-electron chi connectivity index (χ2n) is 9.34. The van der Waals surface area contributed by atoms with E-state index in [4.69, 9.17) is 0 Å². The third kappa shape index (κ3) is 4.80. The first-order chi connectivity index (χ1) is 15.7. The van der Waals surface area contributed by atoms with E-state index in [1.54, 1.807) is 23.9 Å². The van der Waals surface area contributed by atoms with Crippen LogP contribution in [-0.4, -0.2) is 44.1 Å². The molecule has 1 aliphatic rings. The van der Waals surface area contributed by atoms with Gasteiger partial charge < -0.3 is 9.88 Å². The van der Waals surface area contributed by atoms with Gasteiger partial charge in [0.25, 0.3) is 5.56 Å². The van der Waals surface area contributed by atoms with Crippen molar-refractivity contribution in [2.45, 2.75) is 39.8 Å². The number of likely N-dealkylation sites (tertiary alicyclic amines) is 1. The number of aromatic nitrogens is 3. The highest BCUT2D eigenvalue weighted by molar-refractivity contribution is 5.80. The minimum atomic E-state index is -0.402. The SMILES string of the molecule is Cc1ccc(C)c(CN2CCC(CNC(=O)Cn3ccc4c(=O)n(C)c(=O)n(C)c43)CC2)c1. The highest BCUT2D eigenvalue weighted by atomic mass is 16.2. The lowest BCUT2D eigenvalue weighted by atomic mass is 9.96. The van der Waals surface area contributed by atoms with Crippen molar-refractivity contribution in [2.75, 3.05) is 19.6 Å². The number of nitrogens with one attached hydrogen (secondary N) is 1. The van der Waals surface area contributed by atoms with Crippen molar-refractivity contribution < 1.29 is 4.79 Å². The maximum Gasteiger partial charge on any atom is 0.332 e. The number of nitrogens with zero attached hydrogens (tertiary/aromatic N) is 4. The van der Waals surface area contributed by atoms with Gasteiger partial charge in [0.15, 0.2) is 0 Å². The van der Waals surface area contributed by atoms with Crippen LogP contribution in [0.15, 0.2) is 40.1 Å². The number of hydrogen-bond acceptors (Lipinski definition) is 4. The van der Waals surface area contributed by atoms with Crippen LogP contribution in [0.25, 0.3) is 11.0 Å². The summed E-state index contributed by atoms with van der Waals surface area (Å²) in [7, 11) is 3.08. The van der Waals surface area contributed by atoms with Crippen molar-refractivity contribution in [1.29, 1.82) is 0 Å². The lowest BCUT2D eigenvalue weighted by molar-refractivity contribution is -0.121. The van der Waals surface area contributed by atoms with Crippen molar-refractivity contribution in [3.63, 3.8) is 0 Å². The van der Waals surface area contributed by atoms with Crippen LogP contribution in [0.4, 0.5) is 0 Å². The molecule has 1 aliphatic heterocycles. The van der Waals surface area contributed by atoms with E-state index >= 15 is 0 Å². The van der Waals surface area contributed by atoms with Crippen molar-refractivity contribution >= 4 is 16.9 Å². The molecule has 1 aromatic carbocycles. The summed E-state index contributed by atoms with van der Waals surface area (Å²) in [6.07, 6.45) is 3.81. The standard InChI is InChI=1S/C25H33N5O3/c1-17-5-6-18(2)20(13-17)15-29-10-7-19(8-11-29)14-26-22(31)16-30-12-9-21-23(30)27(3)25(33)28(4)24(21)32/h5-6,9,12-13,19H,7-8,10-11,14-16H2,1-4H3,(H,26,31). The summed E-state index contributed by atoms with van der Waals surface area (Å²) in [6, 6.07) is 8.29. The molecule has 0 unspecified atom stereocenters. The molecule has 2 aromatic heterocycles. The predicted molar refractivity (Wildman–Crippen MR) is 129 cm³/mol. The van der Waals surface area contributed by atoms with Crippen LogP contribution in [0, 0.1) is 19.8 Å². The number of carbonyl (C=O) groups is 1. The number of hydrogen-bond donors (Lipinski definition) is 1. The Morgan fingerprint density at radius 2 is 1.79 bits per heavy atom. The fraction of sp³-hybridized carbons (Fsp3) is 0.480. The van der Waals surface area contributed by atoms with Gasteiger partial charge >= 0.3 is 5.69 Å². The molecule has 0 spiro atoms. The number of benzene rings is 1. The largest absolute Gasteiger partial charge is 0.354 e. The van der Waals surface area contributed by atoms with Crippen LogP contribution in [-0.2, 0) is 32.0 Å². The summed E-state index contributed by atoms with van der Waals surface area (Å²) in [5.41, 5.74) is 3.75. The summed E-state index contributed by atoms with van der Waals surface area (Å²) in [5.74, 6) is 0.348. The minimum Gasteiger partial charge on any atom is -0.354 e. The van der Waals surface area contributed by atoms with Crippen LogP contribution in [0.1, 0.15) is 29.5 Å². The molecule has 0 aliphatic carbocycles. The molecule has 3 aromatic rings. The van der Waals surface area contributed by atoms with E-state index in [9.17, 15) is 14.4 Å². The van der Waals surface area contributed by atoms with Gasteiger partial charge in [0.05, 0.1) is 5.39 Å². The zero-order valence-electron chi connectivity index (χ0n) is 19.9. The Labute approximate surface area is 193 Å². The van der Waals surface area contributed by atoms with Gasteiger partial charge in [0.2, 0.25) is 5.91 Å². The lowest BCUT2D eigenvalue weighted by Gasteiger charge is -2.32. The minimum absolute atomic E-state index is 0.0788. The predicted octanol–water partition coefficient (Wildman–Crippen LogP) is 1.68. The smallest absolute Gasteiger partial charge is 0.332 e. The molecule has 1 fully saturated rings. The normalized spacial score (nSPS) is 15.3. The van der Waals surface area contributed by atoms with E-state index in [-0.39, 0.29) is 18.0 Å². The van der Waals surface area contributed by atoms with Gasteiger partial charge in [-0.05, 0) is 62.9 Å². The monoisotopic (exact) mass is 451 g/mol. The molecule has 0 saturated carbocycles. The van der Waals surface area contributed by atoms with E-state index in [2.05, 4.69) is 42.3 Å². The zero-order valence-corrected chi connectivity index (χ0v) is 19.9. The zero-order chi connectivity index (χ0) is 23.7. The molecule has 0 radical (unpaired) electrons. The maximum atomic E-state index is 12.6. The Bertz CT molecular complexity index is 1290. The van der Waals surface area contributed by atoms with Gasteiger partial charge in [-0.1, -0.05) is 23.8 Å². The van der Waals surface area contributed by atoms with E-state index in [1.807, 2.05) is 0 Å². The van der Waals surface area contributed by atoms with E-state index in [0.29, 0.717) is 23.5 Å². The fourth-order valence-electron chi connectivity index (χ4n) is 4.74. The Hall–Kier alpha value is -3.13. The number of amides is 1. The van der Waals surface area contributed by atoms with Gasteiger partial charge in [-0.2, -0.15) is 0 Å². The Kier molecular flexibility index (Phi) is 6.56. The van der Waals surface area contributed by atoms with Gasteiger partial charge in [0.1, 0.15) is 12.2 Å². The Balaban J connectivity index is 1.30. The van der Waals surface area contributed by atoms with Gasteiger partial charge in [0, 0.05) is 33.4 Å². The third-order valence-corrected chi connectivity index (χ3v) is 6.87. The molecule has 33 heavy (non-hydrogen) atoms. The van der Waals surface area contributed by atoms with Crippen LogP contribution in [0.5, 0.6) is 0 Å². The van der Waals surface area contributed by atoms with Crippen molar-refractivity contribution in [3.8, 4) is 0 Å². The molecular formula is C25H33N5O3. The average molecular weight is 452 g/mol. The topological polar surface area (TPSA) is 81.3 Å². The fourth-order valence-corrected chi connectivity index (χ4v) is 4.74. The van der Waals surface area contributed by atoms with Crippen molar-refractivity contribution in [1.82, 2.24) is 23.9 Å². The number of aryl methyl sites for hydroxylation is 3. The lowest BCUT2D eigenvalue weighted by Crippen LogP contribution is -2.39. The number of rotatable bonds is 6. The highest BCUT2D eigenvalue weighted by Gasteiger charge is 2.21. The van der Waals surface area contributed by atoms with E-state index < -0.39 is 5.69 Å². The molecule has 1 amide bonds. The second kappa shape index (κ2) is 9.39. The molecule has 8 heteroatoms. The van der Waals surface area contributed by atoms with Gasteiger partial charge in [-0.3, -0.25) is 23.6 Å². The average Bonchev–Trinajstić information content (AvgIpc) is 3.22. The van der Waals surface area contributed by atoms with Crippen LogP contribution < -0.4 is 16.6 Å². The molecular weight excluding hydrogens is 418 g/mol. The summed E-state index contributed by atoms with van der Waals surface area (Å²) in [6.45, 7) is 8.06. The quantitative estimate of drug-likeness (QED) is 0.618. The van der Waals surface area contributed by atoms with E-state index in [0.717, 1.165) is 37.0 Å². The molecule has 1 N–H and O–H groups in total. The summed E-state index contributed by atoms with van der Waals surface area (Å²) in [4.78, 5) is 39.7. The number of piperidine rings is 1. The first-order valence-corrected chi connectivity index (χ1v) is 11.5. The number of fused-ring (bicyclic) bond motifs is 1. The maximum absolute atomic E-state index is 12.6. The Morgan fingerprint density at radius 1 is 1.06 bits per heavy atom. The molecule has 0 bridgehead atoms. The molecule has 0 atom stereocenters. The van der Waals surface area contributed by atoms with Crippen LogP contribution >= 0.6 is 0 Å². The van der Waals surface area contributed by atoms with Gasteiger partial charge in [-0.25, -0.2) is 4.79 Å². The highest BCUT2D eigenvalue weighted by Crippen LogP contribution is 2.20. The second-order valence-corrected chi connectivity index (χ2v) is 9.34. The molecule has 1 saturated heterocycles. The van der Waals surface area contributed by atoms with Crippen molar-refractivity contribution in [3.05, 3.63) is 68.0 Å². The van der Waals surface area contributed by atoms with Crippen LogP contribution in [0.2, 0.25) is 0 Å². The van der Waals surface area contributed by atoms with Gasteiger partial charge in [-0.15, -0.1) is 0 Å². The van der Waals surface area contributed by atoms with Crippen LogP contribution in [0.3, 0.4) is 0 Å². The third-order valence-electron chi connectivity index (χ3n) is 6.87. The Morgan fingerprint density at radius 3 is 2.52 bits per heavy atom. The summed E-state index contributed by atoms with van der Waals surface area (Å²) in [5, 5.41) is 3.48. The molecule has 176 valence electrons. The summed E-state index contributed by atoms with van der Waals surface area (Å²) < 4.78 is 4.16. The molecule has 3 heterocycles. The molecule has 8 nitrogen and oxygen atoms in total. The summed E-state index contributed by atoms with van der Waals surface area (Å²) >= 11 is 0. The molecule has 4 rings (SSSR count). The first kappa shape index (κ1) is 23.0. The first-order valence-electron chi connectivity index (χ1n) is 11.5. The van der Waals surface area contributed by atoms with Crippen molar-refractivity contribution in [2.24, 2.45) is 20.0 Å².